The van der Waals surface area contributed by atoms with Gasteiger partial charge in [-0.2, -0.15) is 0 Å². The second-order valence-electron chi connectivity index (χ2n) is 4.18. The number of nitrogens with two attached hydrogens (primary N) is 1. The number of aromatic nitrogens is 4. The number of pyridine rings is 1. The van der Waals surface area contributed by atoms with Gasteiger partial charge in [-0.25, -0.2) is 4.68 Å². The Hall–Kier alpha value is -2.28. The predicted molar refractivity (Wildman–Crippen MR) is 68.7 cm³/mol. The maximum Gasteiger partial charge on any atom is 0.242 e. The molecular weight excluding hydrogens is 244 g/mol. The van der Waals surface area contributed by atoms with E-state index in [0.29, 0.717) is 12.2 Å². The molecule has 0 aliphatic carbocycles. The van der Waals surface area contributed by atoms with Crippen molar-refractivity contribution in [1.29, 1.82) is 0 Å². The number of hydrogen-bond donors (Lipinski definition) is 2. The summed E-state index contributed by atoms with van der Waals surface area (Å²) in [5, 5.41) is 10.5. The van der Waals surface area contributed by atoms with Crippen molar-refractivity contribution in [3.05, 3.63) is 42.0 Å². The number of nitrogens with one attached hydrogen (secondary N) is 1. The molecule has 0 unspecified atom stereocenters. The summed E-state index contributed by atoms with van der Waals surface area (Å²) in [4.78, 5) is 15.8. The lowest BCUT2D eigenvalue weighted by Gasteiger charge is -2.13. The van der Waals surface area contributed by atoms with Gasteiger partial charge >= 0.3 is 0 Å². The van der Waals surface area contributed by atoms with Gasteiger partial charge in [0.15, 0.2) is 0 Å². The fourth-order valence-corrected chi connectivity index (χ4v) is 1.68. The summed E-state index contributed by atoms with van der Waals surface area (Å²) in [6.07, 6.45) is 5.06. The van der Waals surface area contributed by atoms with Gasteiger partial charge in [-0.1, -0.05) is 5.21 Å². The van der Waals surface area contributed by atoms with Crippen molar-refractivity contribution >= 4 is 5.91 Å². The zero-order valence-corrected chi connectivity index (χ0v) is 10.7. The third-order valence-corrected chi connectivity index (χ3v) is 2.68. The van der Waals surface area contributed by atoms with Crippen LogP contribution >= 0.6 is 0 Å². The van der Waals surface area contributed by atoms with E-state index in [4.69, 9.17) is 5.73 Å². The lowest BCUT2D eigenvalue weighted by atomic mass is 10.1. The van der Waals surface area contributed by atoms with Crippen molar-refractivity contribution in [3.63, 3.8) is 0 Å². The Morgan fingerprint density at radius 3 is 2.84 bits per heavy atom. The number of nitrogens with zero attached hydrogens (tertiary/aromatic N) is 4. The van der Waals surface area contributed by atoms with Gasteiger partial charge in [-0.15, -0.1) is 5.10 Å². The molecule has 1 amide bonds. The number of carbonyl (C=O) groups excluding carboxylic acids is 1. The Balaban J connectivity index is 1.91. The van der Waals surface area contributed by atoms with Crippen LogP contribution in [0, 0.1) is 0 Å². The van der Waals surface area contributed by atoms with E-state index in [0.717, 1.165) is 5.56 Å². The van der Waals surface area contributed by atoms with E-state index in [9.17, 15) is 4.79 Å². The predicted octanol–water partition coefficient (Wildman–Crippen LogP) is 0.00920. The van der Waals surface area contributed by atoms with Gasteiger partial charge in [0.2, 0.25) is 5.91 Å². The van der Waals surface area contributed by atoms with E-state index < -0.39 is 0 Å². The normalized spacial score (nSPS) is 12.1. The maximum atomic E-state index is 11.8. The molecule has 0 saturated heterocycles. The molecule has 0 radical (unpaired) electrons. The Kier molecular flexibility index (Phi) is 4.19. The second-order valence-corrected chi connectivity index (χ2v) is 4.18. The Morgan fingerprint density at radius 1 is 1.47 bits per heavy atom. The van der Waals surface area contributed by atoms with Gasteiger partial charge in [-0.3, -0.25) is 9.78 Å². The highest BCUT2D eigenvalue weighted by Gasteiger charge is 2.10. The van der Waals surface area contributed by atoms with Crippen molar-refractivity contribution in [2.45, 2.75) is 26.1 Å². The third-order valence-electron chi connectivity index (χ3n) is 2.68. The molecule has 2 aromatic rings. The zero-order chi connectivity index (χ0) is 13.7. The molecule has 19 heavy (non-hydrogen) atoms. The van der Waals surface area contributed by atoms with E-state index in [1.165, 1.54) is 4.68 Å². The molecule has 2 heterocycles. The summed E-state index contributed by atoms with van der Waals surface area (Å²) in [7, 11) is 0. The Morgan fingerprint density at radius 2 is 2.21 bits per heavy atom. The SMILES string of the molecule is C[C@H](NC(=O)Cn1cc(CN)nn1)c1ccncc1. The first-order valence-electron chi connectivity index (χ1n) is 5.97. The monoisotopic (exact) mass is 260 g/mol. The fraction of sp³-hybridized carbons (Fsp3) is 0.333. The molecule has 0 aliphatic rings. The molecule has 100 valence electrons. The number of rotatable bonds is 5. The molecule has 2 rings (SSSR count). The molecule has 0 aliphatic heterocycles. The maximum absolute atomic E-state index is 11.8. The lowest BCUT2D eigenvalue weighted by molar-refractivity contribution is -0.122. The number of hydrogen-bond acceptors (Lipinski definition) is 5. The highest BCUT2D eigenvalue weighted by molar-refractivity contribution is 5.76. The van der Waals surface area contributed by atoms with Gasteiger partial charge in [0.05, 0.1) is 17.9 Å². The van der Waals surface area contributed by atoms with Crippen molar-refractivity contribution in [3.8, 4) is 0 Å². The van der Waals surface area contributed by atoms with Crippen molar-refractivity contribution in [2.24, 2.45) is 5.73 Å². The lowest BCUT2D eigenvalue weighted by Crippen LogP contribution is -2.30. The number of amides is 1. The average Bonchev–Trinajstić information content (AvgIpc) is 2.87. The van der Waals surface area contributed by atoms with Gasteiger partial charge in [0.1, 0.15) is 6.54 Å². The minimum absolute atomic E-state index is 0.0759. The molecule has 0 fully saturated rings. The first kappa shape index (κ1) is 13.2. The van der Waals surface area contributed by atoms with E-state index in [1.807, 2.05) is 19.1 Å². The van der Waals surface area contributed by atoms with Crippen molar-refractivity contribution < 1.29 is 4.79 Å². The summed E-state index contributed by atoms with van der Waals surface area (Å²) in [5.41, 5.74) is 7.09. The molecule has 1 atom stereocenters. The van der Waals surface area contributed by atoms with E-state index in [1.54, 1.807) is 18.6 Å². The standard InChI is InChI=1S/C12H16N6O/c1-9(10-2-4-14-5-3-10)15-12(19)8-18-7-11(6-13)16-17-18/h2-5,7,9H,6,8,13H2,1H3,(H,15,19)/t9-/m0/s1. The average molecular weight is 260 g/mol. The third kappa shape index (κ3) is 3.59. The second kappa shape index (κ2) is 6.05. The minimum atomic E-state index is -0.127. The van der Waals surface area contributed by atoms with Gasteiger partial charge in [0.25, 0.3) is 0 Å². The van der Waals surface area contributed by atoms with Crippen LogP contribution in [0.25, 0.3) is 0 Å². The van der Waals surface area contributed by atoms with Crippen LogP contribution in [0.3, 0.4) is 0 Å². The highest BCUT2D eigenvalue weighted by atomic mass is 16.2. The van der Waals surface area contributed by atoms with Crippen molar-refractivity contribution in [2.75, 3.05) is 0 Å². The van der Waals surface area contributed by atoms with E-state index in [-0.39, 0.29) is 18.5 Å². The summed E-state index contributed by atoms with van der Waals surface area (Å²) in [6, 6.07) is 3.66. The van der Waals surface area contributed by atoms with Crippen LogP contribution in [0.5, 0.6) is 0 Å². The van der Waals surface area contributed by atoms with Crippen LogP contribution in [0.2, 0.25) is 0 Å². The highest BCUT2D eigenvalue weighted by Crippen LogP contribution is 2.09. The summed E-state index contributed by atoms with van der Waals surface area (Å²) >= 11 is 0. The van der Waals surface area contributed by atoms with Crippen LogP contribution in [-0.4, -0.2) is 25.9 Å². The van der Waals surface area contributed by atoms with Crippen molar-refractivity contribution in [1.82, 2.24) is 25.3 Å². The molecule has 7 heteroatoms. The summed E-state index contributed by atoms with van der Waals surface area (Å²) in [6.45, 7) is 2.36. The zero-order valence-electron chi connectivity index (χ0n) is 10.7. The van der Waals surface area contributed by atoms with Gasteiger partial charge in [-0.05, 0) is 24.6 Å². The van der Waals surface area contributed by atoms with Crippen LogP contribution < -0.4 is 11.1 Å². The first-order chi connectivity index (χ1) is 9.19. The van der Waals surface area contributed by atoms with Crippen LogP contribution in [0.15, 0.2) is 30.7 Å². The number of carbonyl (C=O) groups is 1. The van der Waals surface area contributed by atoms with Crippen LogP contribution in [0.1, 0.15) is 24.2 Å². The Labute approximate surface area is 110 Å². The summed E-state index contributed by atoms with van der Waals surface area (Å²) in [5.74, 6) is -0.127. The smallest absolute Gasteiger partial charge is 0.242 e. The topological polar surface area (TPSA) is 98.7 Å². The molecule has 7 nitrogen and oxygen atoms in total. The van der Waals surface area contributed by atoms with Gasteiger partial charge in [0, 0.05) is 18.9 Å². The van der Waals surface area contributed by atoms with Crippen LogP contribution in [0.4, 0.5) is 0 Å². The molecular formula is C12H16N6O. The molecule has 2 aromatic heterocycles. The quantitative estimate of drug-likeness (QED) is 0.789. The molecule has 0 saturated carbocycles. The van der Waals surface area contributed by atoms with Crippen LogP contribution in [-0.2, 0) is 17.9 Å². The minimum Gasteiger partial charge on any atom is -0.348 e. The molecule has 0 aromatic carbocycles. The first-order valence-corrected chi connectivity index (χ1v) is 5.97. The molecule has 0 spiro atoms. The van der Waals surface area contributed by atoms with E-state index in [2.05, 4.69) is 20.6 Å². The Bertz CT molecular complexity index is 538. The largest absolute Gasteiger partial charge is 0.348 e. The summed E-state index contributed by atoms with van der Waals surface area (Å²) < 4.78 is 1.47. The van der Waals surface area contributed by atoms with E-state index >= 15 is 0 Å². The van der Waals surface area contributed by atoms with Gasteiger partial charge < -0.3 is 11.1 Å². The molecule has 0 bridgehead atoms. The fourth-order valence-electron chi connectivity index (χ4n) is 1.68. The molecule has 3 N–H and O–H groups in total.